The molecule has 4 nitrogen and oxygen atoms in total. The van der Waals surface area contributed by atoms with Crippen LogP contribution in [0.15, 0.2) is 0 Å². The van der Waals surface area contributed by atoms with E-state index in [4.69, 9.17) is 0 Å². The van der Waals surface area contributed by atoms with Gasteiger partial charge in [0.2, 0.25) is 11.8 Å². The largest absolute Gasteiger partial charge is 0.337 e. The van der Waals surface area contributed by atoms with Gasteiger partial charge in [-0.3, -0.25) is 9.59 Å². The first-order valence-corrected chi connectivity index (χ1v) is 8.58. The lowest BCUT2D eigenvalue weighted by Gasteiger charge is -2.41. The molecule has 0 aromatic rings. The number of rotatable bonds is 1. The zero-order valence-electron chi connectivity index (χ0n) is 13.4. The van der Waals surface area contributed by atoms with Gasteiger partial charge in [-0.2, -0.15) is 0 Å². The zero-order chi connectivity index (χ0) is 15.0. The molecule has 0 bridgehead atoms. The topological polar surface area (TPSA) is 40.6 Å². The Bertz CT molecular complexity index is 423. The second-order valence-corrected chi connectivity index (χ2v) is 7.78. The molecule has 4 heteroatoms. The molecule has 0 aromatic carbocycles. The molecule has 118 valence electrons. The second kappa shape index (κ2) is 5.62. The number of carbonyl (C=O) groups excluding carboxylic acids is 2. The van der Waals surface area contributed by atoms with Gasteiger partial charge in [0.25, 0.3) is 0 Å². The number of piperidine rings is 1. The average molecular weight is 292 g/mol. The van der Waals surface area contributed by atoms with Gasteiger partial charge >= 0.3 is 0 Å². The van der Waals surface area contributed by atoms with E-state index in [1.165, 1.54) is 12.8 Å². The molecule has 21 heavy (non-hydrogen) atoms. The fourth-order valence-electron chi connectivity index (χ4n) is 4.21. The van der Waals surface area contributed by atoms with Gasteiger partial charge in [-0.15, -0.1) is 0 Å². The third kappa shape index (κ3) is 2.95. The minimum atomic E-state index is -0.163. The summed E-state index contributed by atoms with van der Waals surface area (Å²) >= 11 is 0. The molecule has 0 N–H and O–H groups in total. The monoisotopic (exact) mass is 292 g/mol. The Hall–Kier alpha value is -1.06. The summed E-state index contributed by atoms with van der Waals surface area (Å²) in [7, 11) is 0. The molecule has 3 aliphatic rings. The molecule has 2 heterocycles. The fraction of sp³-hybridized carbons (Fsp3) is 0.882. The molecular weight excluding hydrogens is 264 g/mol. The Balaban J connectivity index is 1.74. The summed E-state index contributed by atoms with van der Waals surface area (Å²) in [5, 5.41) is 0. The Morgan fingerprint density at radius 3 is 2.38 bits per heavy atom. The van der Waals surface area contributed by atoms with Crippen molar-refractivity contribution in [2.75, 3.05) is 13.1 Å². The molecule has 0 radical (unpaired) electrons. The average Bonchev–Trinajstić information content (AvgIpc) is 2.59. The second-order valence-electron chi connectivity index (χ2n) is 7.78. The zero-order valence-corrected chi connectivity index (χ0v) is 13.4. The summed E-state index contributed by atoms with van der Waals surface area (Å²) in [6, 6.07) is 0.198. The summed E-state index contributed by atoms with van der Waals surface area (Å²) < 4.78 is 0. The van der Waals surface area contributed by atoms with Crippen molar-refractivity contribution < 1.29 is 9.59 Å². The van der Waals surface area contributed by atoms with Crippen LogP contribution < -0.4 is 0 Å². The first-order chi connectivity index (χ1) is 9.98. The first-order valence-electron chi connectivity index (χ1n) is 8.58. The molecular formula is C17H28N2O2. The number of hydrogen-bond acceptors (Lipinski definition) is 2. The van der Waals surface area contributed by atoms with Crippen molar-refractivity contribution in [1.82, 2.24) is 9.80 Å². The van der Waals surface area contributed by atoms with Crippen LogP contribution in [0.25, 0.3) is 0 Å². The molecule has 0 aromatic heterocycles. The van der Waals surface area contributed by atoms with Crippen LogP contribution in [-0.4, -0.2) is 46.8 Å². The van der Waals surface area contributed by atoms with Gasteiger partial charge in [-0.25, -0.2) is 0 Å². The van der Waals surface area contributed by atoms with E-state index < -0.39 is 0 Å². The van der Waals surface area contributed by atoms with Gasteiger partial charge in [0, 0.05) is 25.6 Å². The van der Waals surface area contributed by atoms with Gasteiger partial charge in [0.15, 0.2) is 0 Å². The smallest absolute Gasteiger partial charge is 0.245 e. The Kier molecular flexibility index (Phi) is 3.98. The molecule has 1 unspecified atom stereocenters. The van der Waals surface area contributed by atoms with Crippen molar-refractivity contribution in [3.8, 4) is 0 Å². The standard InChI is InChI=1S/C17H28N2O2/c1-17(2)9-6-13(7-10-17)18-12-8-15(20)19-11-4-3-5-14(19)16(18)21/h13-14H,3-12H2,1-2H3. The number of fused-ring (bicyclic) bond motifs is 1. The third-order valence-corrected chi connectivity index (χ3v) is 5.71. The number of hydrogen-bond donors (Lipinski definition) is 0. The molecule has 1 aliphatic carbocycles. The molecule has 1 saturated carbocycles. The normalized spacial score (nSPS) is 31.0. The van der Waals surface area contributed by atoms with E-state index in [0.29, 0.717) is 24.4 Å². The maximum atomic E-state index is 12.9. The van der Waals surface area contributed by atoms with Crippen LogP contribution in [0.4, 0.5) is 0 Å². The van der Waals surface area contributed by atoms with Crippen molar-refractivity contribution in [3.63, 3.8) is 0 Å². The quantitative estimate of drug-likeness (QED) is 0.745. The van der Waals surface area contributed by atoms with E-state index >= 15 is 0 Å². The lowest BCUT2D eigenvalue weighted by Crippen LogP contribution is -2.52. The van der Waals surface area contributed by atoms with Crippen molar-refractivity contribution in [3.05, 3.63) is 0 Å². The van der Waals surface area contributed by atoms with Crippen molar-refractivity contribution in [2.45, 2.75) is 77.3 Å². The van der Waals surface area contributed by atoms with E-state index in [9.17, 15) is 9.59 Å². The van der Waals surface area contributed by atoms with Gasteiger partial charge in [-0.1, -0.05) is 13.8 Å². The highest BCUT2D eigenvalue weighted by Gasteiger charge is 2.41. The predicted octanol–water partition coefficient (Wildman–Crippen LogP) is 2.57. The van der Waals surface area contributed by atoms with Crippen molar-refractivity contribution >= 4 is 11.8 Å². The van der Waals surface area contributed by atoms with Gasteiger partial charge in [0.05, 0.1) is 0 Å². The lowest BCUT2D eigenvalue weighted by atomic mass is 9.75. The Labute approximate surface area is 127 Å². The summed E-state index contributed by atoms with van der Waals surface area (Å²) in [5.74, 6) is 0.414. The van der Waals surface area contributed by atoms with Crippen LogP contribution in [0.3, 0.4) is 0 Å². The van der Waals surface area contributed by atoms with E-state index in [2.05, 4.69) is 18.7 Å². The molecule has 2 amide bonds. The van der Waals surface area contributed by atoms with Crippen LogP contribution >= 0.6 is 0 Å². The maximum absolute atomic E-state index is 12.9. The van der Waals surface area contributed by atoms with Crippen LogP contribution in [0, 0.1) is 5.41 Å². The van der Waals surface area contributed by atoms with Gasteiger partial charge < -0.3 is 9.80 Å². The highest BCUT2D eigenvalue weighted by molar-refractivity contribution is 5.90. The van der Waals surface area contributed by atoms with Crippen LogP contribution in [0.1, 0.15) is 65.2 Å². The van der Waals surface area contributed by atoms with E-state index in [1.807, 2.05) is 4.90 Å². The van der Waals surface area contributed by atoms with Crippen LogP contribution in [0.5, 0.6) is 0 Å². The van der Waals surface area contributed by atoms with Crippen LogP contribution in [-0.2, 0) is 9.59 Å². The van der Waals surface area contributed by atoms with E-state index in [-0.39, 0.29) is 17.9 Å². The number of nitrogens with zero attached hydrogens (tertiary/aromatic N) is 2. The fourth-order valence-corrected chi connectivity index (χ4v) is 4.21. The summed E-state index contributed by atoms with van der Waals surface area (Å²) in [5.41, 5.74) is 0.415. The summed E-state index contributed by atoms with van der Waals surface area (Å²) in [6.07, 6.45) is 8.06. The SMILES string of the molecule is CC1(C)CCC(N2CCC(=O)N3CCCCC3C2=O)CC1. The summed E-state index contributed by atoms with van der Waals surface area (Å²) in [6.45, 7) is 6.05. The minimum absolute atomic E-state index is 0.163. The minimum Gasteiger partial charge on any atom is -0.337 e. The molecule has 1 atom stereocenters. The Morgan fingerprint density at radius 2 is 1.67 bits per heavy atom. The van der Waals surface area contributed by atoms with Crippen LogP contribution in [0.2, 0.25) is 0 Å². The summed E-state index contributed by atoms with van der Waals surface area (Å²) in [4.78, 5) is 29.1. The first kappa shape index (κ1) is 14.9. The lowest BCUT2D eigenvalue weighted by molar-refractivity contribution is -0.144. The molecule has 3 fully saturated rings. The molecule has 3 rings (SSSR count). The van der Waals surface area contributed by atoms with E-state index in [1.54, 1.807) is 0 Å². The Morgan fingerprint density at radius 1 is 0.952 bits per heavy atom. The van der Waals surface area contributed by atoms with Gasteiger partial charge in [-0.05, 0) is 50.4 Å². The van der Waals surface area contributed by atoms with Gasteiger partial charge in [0.1, 0.15) is 6.04 Å². The van der Waals surface area contributed by atoms with Crippen molar-refractivity contribution in [2.24, 2.45) is 5.41 Å². The van der Waals surface area contributed by atoms with Crippen molar-refractivity contribution in [1.29, 1.82) is 0 Å². The predicted molar refractivity (Wildman–Crippen MR) is 81.7 cm³/mol. The third-order valence-electron chi connectivity index (χ3n) is 5.71. The molecule has 0 spiro atoms. The highest BCUT2D eigenvalue weighted by atomic mass is 16.2. The molecule has 2 aliphatic heterocycles. The number of amides is 2. The number of carbonyl (C=O) groups is 2. The molecule has 2 saturated heterocycles. The highest BCUT2D eigenvalue weighted by Crippen LogP contribution is 2.38. The van der Waals surface area contributed by atoms with E-state index in [0.717, 1.165) is 38.6 Å². The maximum Gasteiger partial charge on any atom is 0.245 e.